The minimum Gasteiger partial charge on any atom is -0.468 e. The van der Waals surface area contributed by atoms with E-state index in [4.69, 9.17) is 4.42 Å². The van der Waals surface area contributed by atoms with Crippen LogP contribution in [-0.4, -0.2) is 45.4 Å². The van der Waals surface area contributed by atoms with Gasteiger partial charge in [-0.15, -0.1) is 0 Å². The number of carbonyl (C=O) groups is 1. The Bertz CT molecular complexity index is 1150. The maximum absolute atomic E-state index is 12.5. The summed E-state index contributed by atoms with van der Waals surface area (Å²) in [5.41, 5.74) is 1.93. The Morgan fingerprint density at radius 2 is 1.66 bits per heavy atom. The first-order valence-corrected chi connectivity index (χ1v) is 11.9. The molecule has 0 bridgehead atoms. The molecule has 2 heterocycles. The number of nitrogens with zero attached hydrogens (tertiary/aromatic N) is 2. The zero-order valence-electron chi connectivity index (χ0n) is 17.6. The van der Waals surface area contributed by atoms with Crippen LogP contribution in [0.15, 0.2) is 88.4 Å². The van der Waals surface area contributed by atoms with Gasteiger partial charge in [0.1, 0.15) is 5.76 Å². The largest absolute Gasteiger partial charge is 0.468 e. The van der Waals surface area contributed by atoms with Crippen LogP contribution in [-0.2, 0) is 21.4 Å². The summed E-state index contributed by atoms with van der Waals surface area (Å²) in [4.78, 5) is 16.8. The predicted octanol–water partition coefficient (Wildman–Crippen LogP) is 3.12. The molecule has 0 atom stereocenters. The number of para-hydroxylation sites is 1. The Hall–Kier alpha value is -3.36. The first-order chi connectivity index (χ1) is 15.5. The molecule has 1 aliphatic rings. The summed E-state index contributed by atoms with van der Waals surface area (Å²) >= 11 is 0. The Morgan fingerprint density at radius 3 is 2.31 bits per heavy atom. The van der Waals surface area contributed by atoms with Crippen molar-refractivity contribution in [1.29, 1.82) is 0 Å². The first-order valence-electron chi connectivity index (χ1n) is 10.4. The van der Waals surface area contributed by atoms with E-state index in [2.05, 4.69) is 21.8 Å². The Morgan fingerprint density at radius 1 is 0.938 bits per heavy atom. The fourth-order valence-electron chi connectivity index (χ4n) is 3.52. The van der Waals surface area contributed by atoms with Gasteiger partial charge in [-0.25, -0.2) is 13.1 Å². The summed E-state index contributed by atoms with van der Waals surface area (Å²) in [5.74, 6) is 0.491. The number of piperazine rings is 1. The number of rotatable bonds is 7. The molecule has 0 aliphatic carbocycles. The van der Waals surface area contributed by atoms with Crippen molar-refractivity contribution in [3.05, 3.63) is 90.4 Å². The molecule has 1 aliphatic heterocycles. The molecule has 0 spiro atoms. The second-order valence-electron chi connectivity index (χ2n) is 7.45. The lowest BCUT2D eigenvalue weighted by Gasteiger charge is -2.35. The smallest absolute Gasteiger partial charge is 0.246 e. The zero-order chi connectivity index (χ0) is 22.4. The number of benzene rings is 2. The molecular weight excluding hydrogens is 426 g/mol. The number of carbonyl (C=O) groups excluding carboxylic acids is 1. The van der Waals surface area contributed by atoms with Crippen LogP contribution in [0.2, 0.25) is 0 Å². The molecule has 32 heavy (non-hydrogen) atoms. The third kappa shape index (κ3) is 5.46. The second-order valence-corrected chi connectivity index (χ2v) is 9.22. The lowest BCUT2D eigenvalue weighted by molar-refractivity contribution is -0.126. The van der Waals surface area contributed by atoms with Crippen LogP contribution in [0.5, 0.6) is 0 Å². The van der Waals surface area contributed by atoms with E-state index in [1.165, 1.54) is 30.2 Å². The topological polar surface area (TPSA) is 82.9 Å². The van der Waals surface area contributed by atoms with Gasteiger partial charge in [0, 0.05) is 37.9 Å². The minimum absolute atomic E-state index is 0.0467. The lowest BCUT2D eigenvalue weighted by atomic mass is 10.2. The fraction of sp³-hybridized carbons (Fsp3) is 0.208. The van der Waals surface area contributed by atoms with E-state index >= 15 is 0 Å². The normalized spacial score (nSPS) is 14.8. The first kappa shape index (κ1) is 21.9. The number of hydrogen-bond donors (Lipinski definition) is 1. The maximum Gasteiger partial charge on any atom is 0.246 e. The van der Waals surface area contributed by atoms with Gasteiger partial charge in [0.25, 0.3) is 0 Å². The van der Waals surface area contributed by atoms with Gasteiger partial charge in [0.05, 0.1) is 17.7 Å². The molecule has 0 saturated carbocycles. The van der Waals surface area contributed by atoms with Gasteiger partial charge in [-0.1, -0.05) is 30.3 Å². The van der Waals surface area contributed by atoms with Crippen LogP contribution < -0.4 is 9.62 Å². The van der Waals surface area contributed by atoms with Crippen LogP contribution >= 0.6 is 0 Å². The molecule has 1 saturated heterocycles. The van der Waals surface area contributed by atoms with E-state index in [1.807, 2.05) is 23.1 Å². The van der Waals surface area contributed by atoms with Gasteiger partial charge >= 0.3 is 0 Å². The highest BCUT2D eigenvalue weighted by molar-refractivity contribution is 7.89. The Kier molecular flexibility index (Phi) is 6.72. The van der Waals surface area contributed by atoms with Crippen molar-refractivity contribution in [3.8, 4) is 0 Å². The van der Waals surface area contributed by atoms with E-state index in [-0.39, 0.29) is 17.3 Å². The molecule has 166 valence electrons. The summed E-state index contributed by atoms with van der Waals surface area (Å²) in [6.07, 6.45) is 4.74. The molecule has 0 unspecified atom stereocenters. The van der Waals surface area contributed by atoms with E-state index in [0.29, 0.717) is 18.8 Å². The summed E-state index contributed by atoms with van der Waals surface area (Å²) in [6.45, 7) is 3.00. The molecule has 1 amide bonds. The summed E-state index contributed by atoms with van der Waals surface area (Å²) in [7, 11) is -3.64. The van der Waals surface area contributed by atoms with Crippen LogP contribution in [0, 0.1) is 0 Å². The van der Waals surface area contributed by atoms with Crippen molar-refractivity contribution < 1.29 is 17.6 Å². The molecule has 0 radical (unpaired) electrons. The average Bonchev–Trinajstić information content (AvgIpc) is 3.36. The average molecular weight is 452 g/mol. The lowest BCUT2D eigenvalue weighted by Crippen LogP contribution is -2.48. The summed E-state index contributed by atoms with van der Waals surface area (Å²) in [5, 5.41) is 0. The number of furan rings is 1. The monoisotopic (exact) mass is 451 g/mol. The number of anilines is 1. The van der Waals surface area contributed by atoms with Crippen molar-refractivity contribution in [2.45, 2.75) is 11.4 Å². The second kappa shape index (κ2) is 9.84. The summed E-state index contributed by atoms with van der Waals surface area (Å²) < 4.78 is 32.5. The molecule has 1 fully saturated rings. The van der Waals surface area contributed by atoms with Gasteiger partial charge in [0.15, 0.2) is 0 Å². The van der Waals surface area contributed by atoms with Crippen LogP contribution in [0.4, 0.5) is 5.69 Å². The highest BCUT2D eigenvalue weighted by Gasteiger charge is 2.19. The van der Waals surface area contributed by atoms with E-state index in [1.54, 1.807) is 30.3 Å². The van der Waals surface area contributed by atoms with E-state index < -0.39 is 10.0 Å². The molecular formula is C24H25N3O4S. The van der Waals surface area contributed by atoms with Crippen molar-refractivity contribution >= 4 is 27.7 Å². The highest BCUT2D eigenvalue weighted by Crippen LogP contribution is 2.16. The van der Waals surface area contributed by atoms with Crippen molar-refractivity contribution in [1.82, 2.24) is 9.62 Å². The minimum atomic E-state index is -3.64. The number of hydrogen-bond acceptors (Lipinski definition) is 5. The molecule has 2 aromatic carbocycles. The highest BCUT2D eigenvalue weighted by atomic mass is 32.2. The molecule has 1 N–H and O–H groups in total. The van der Waals surface area contributed by atoms with Gasteiger partial charge in [0.2, 0.25) is 15.9 Å². The van der Waals surface area contributed by atoms with Crippen LogP contribution in [0.1, 0.15) is 11.3 Å². The molecule has 7 nitrogen and oxygen atoms in total. The van der Waals surface area contributed by atoms with Crippen molar-refractivity contribution in [2.75, 3.05) is 31.1 Å². The predicted molar refractivity (Wildman–Crippen MR) is 123 cm³/mol. The quantitative estimate of drug-likeness (QED) is 0.558. The molecule has 3 aromatic rings. The molecule has 8 heteroatoms. The standard InChI is InChI=1S/C24H25N3O4S/c28-24(27-16-14-26(15-17-27)21-5-2-1-3-6-21)13-10-20-8-11-23(12-9-20)32(29,30)25-19-22-7-4-18-31-22/h1-13,18,25H,14-17,19H2/b13-10+. The van der Waals surface area contributed by atoms with Gasteiger partial charge in [-0.2, -0.15) is 0 Å². The van der Waals surface area contributed by atoms with Crippen LogP contribution in [0.3, 0.4) is 0 Å². The maximum atomic E-state index is 12.5. The van der Waals surface area contributed by atoms with Crippen LogP contribution in [0.25, 0.3) is 6.08 Å². The Balaban J connectivity index is 1.30. The van der Waals surface area contributed by atoms with E-state index in [9.17, 15) is 13.2 Å². The number of nitrogens with one attached hydrogen (secondary N) is 1. The molecule has 4 rings (SSSR count). The van der Waals surface area contributed by atoms with E-state index in [0.717, 1.165) is 18.7 Å². The number of amides is 1. The fourth-order valence-corrected chi connectivity index (χ4v) is 4.51. The van der Waals surface area contributed by atoms with Gasteiger partial charge in [-0.3, -0.25) is 4.79 Å². The van der Waals surface area contributed by atoms with Gasteiger partial charge < -0.3 is 14.2 Å². The SMILES string of the molecule is O=C(/C=C/c1ccc(S(=O)(=O)NCc2ccco2)cc1)N1CCN(c2ccccc2)CC1. The van der Waals surface area contributed by atoms with Crippen molar-refractivity contribution in [2.24, 2.45) is 0 Å². The number of sulfonamides is 1. The molecule has 1 aromatic heterocycles. The third-order valence-corrected chi connectivity index (χ3v) is 6.76. The summed E-state index contributed by atoms with van der Waals surface area (Å²) in [6, 6.07) is 20.0. The zero-order valence-corrected chi connectivity index (χ0v) is 18.4. The van der Waals surface area contributed by atoms with Crippen molar-refractivity contribution in [3.63, 3.8) is 0 Å². The Labute approximate surface area is 188 Å². The third-order valence-electron chi connectivity index (χ3n) is 5.34. The van der Waals surface area contributed by atoms with Gasteiger partial charge in [-0.05, 0) is 48.0 Å².